The lowest BCUT2D eigenvalue weighted by Crippen LogP contribution is -2.33. The summed E-state index contributed by atoms with van der Waals surface area (Å²) in [5, 5.41) is 0. The summed E-state index contributed by atoms with van der Waals surface area (Å²) in [5.41, 5.74) is 0.674. The van der Waals surface area contributed by atoms with Crippen LogP contribution in [0.1, 0.15) is 5.56 Å². The Bertz CT molecular complexity index is 465. The monoisotopic (exact) mass is 283 g/mol. The molecule has 1 aromatic rings. The molecular formula is C13H17NO6. The first-order valence-electron chi connectivity index (χ1n) is 5.72. The maximum Gasteiger partial charge on any atom is 0.419 e. The quantitative estimate of drug-likeness (QED) is 0.841. The third-order valence-electron chi connectivity index (χ3n) is 2.50. The largest absolute Gasteiger partial charge is 0.497 e. The van der Waals surface area contributed by atoms with Crippen molar-refractivity contribution in [3.05, 3.63) is 23.8 Å². The lowest BCUT2D eigenvalue weighted by molar-refractivity contribution is 0.0900. The molecule has 0 saturated carbocycles. The van der Waals surface area contributed by atoms with Gasteiger partial charge in [0.25, 0.3) is 0 Å². The summed E-state index contributed by atoms with van der Waals surface area (Å²) in [6.45, 7) is -0.0201. The number of amides is 2. The SMILES string of the molecule is COC(=O)N(C)C(=O)OCc1cc(OC)cc(OC)c1. The van der Waals surface area contributed by atoms with Crippen LogP contribution in [-0.4, -0.2) is 45.5 Å². The highest BCUT2D eigenvalue weighted by Gasteiger charge is 2.18. The van der Waals surface area contributed by atoms with Gasteiger partial charge in [0.05, 0.1) is 21.3 Å². The Morgan fingerprint density at radius 3 is 2.00 bits per heavy atom. The third-order valence-corrected chi connectivity index (χ3v) is 2.50. The van der Waals surface area contributed by atoms with E-state index in [1.54, 1.807) is 18.2 Å². The molecule has 0 saturated heterocycles. The highest BCUT2D eigenvalue weighted by molar-refractivity contribution is 5.87. The topological polar surface area (TPSA) is 74.3 Å². The van der Waals surface area contributed by atoms with Crippen molar-refractivity contribution >= 4 is 12.2 Å². The molecule has 110 valence electrons. The standard InChI is InChI=1S/C13H17NO6/c1-14(12(15)19-4)13(16)20-8-9-5-10(17-2)7-11(6-9)18-3/h5-7H,8H2,1-4H3. The maximum atomic E-state index is 11.6. The first kappa shape index (κ1) is 15.6. The summed E-state index contributed by atoms with van der Waals surface area (Å²) in [4.78, 5) is 23.4. The van der Waals surface area contributed by atoms with Gasteiger partial charge in [-0.15, -0.1) is 0 Å². The van der Waals surface area contributed by atoms with Gasteiger partial charge in [-0.1, -0.05) is 0 Å². The van der Waals surface area contributed by atoms with Crippen LogP contribution in [0.5, 0.6) is 11.5 Å². The molecule has 0 aliphatic heterocycles. The van der Waals surface area contributed by atoms with Crippen LogP contribution in [0.3, 0.4) is 0 Å². The van der Waals surface area contributed by atoms with E-state index < -0.39 is 12.2 Å². The minimum atomic E-state index is -0.807. The van der Waals surface area contributed by atoms with E-state index in [0.29, 0.717) is 17.1 Å². The minimum absolute atomic E-state index is 0.0201. The molecular weight excluding hydrogens is 266 g/mol. The zero-order valence-corrected chi connectivity index (χ0v) is 11.8. The van der Waals surface area contributed by atoms with Crippen molar-refractivity contribution in [3.8, 4) is 11.5 Å². The van der Waals surface area contributed by atoms with E-state index in [0.717, 1.165) is 4.90 Å². The summed E-state index contributed by atoms with van der Waals surface area (Å²) in [6.07, 6.45) is -1.60. The van der Waals surface area contributed by atoms with Crippen molar-refractivity contribution in [2.45, 2.75) is 6.61 Å². The first-order chi connectivity index (χ1) is 9.51. The molecule has 0 spiro atoms. The fourth-order valence-electron chi connectivity index (χ4n) is 1.40. The Morgan fingerprint density at radius 2 is 1.55 bits per heavy atom. The van der Waals surface area contributed by atoms with E-state index in [1.807, 2.05) is 0 Å². The minimum Gasteiger partial charge on any atom is -0.497 e. The van der Waals surface area contributed by atoms with Crippen LogP contribution in [0.2, 0.25) is 0 Å². The zero-order valence-electron chi connectivity index (χ0n) is 11.8. The Balaban J connectivity index is 2.69. The second-order valence-corrected chi connectivity index (χ2v) is 3.80. The van der Waals surface area contributed by atoms with Crippen molar-refractivity contribution < 1.29 is 28.5 Å². The molecule has 0 N–H and O–H groups in total. The number of carbonyl (C=O) groups is 2. The van der Waals surface area contributed by atoms with Gasteiger partial charge in [0, 0.05) is 13.1 Å². The molecule has 7 heteroatoms. The molecule has 1 aromatic carbocycles. The predicted octanol–water partition coefficient (Wildman–Crippen LogP) is 2.04. The summed E-state index contributed by atoms with van der Waals surface area (Å²) < 4.78 is 19.6. The van der Waals surface area contributed by atoms with Crippen LogP contribution in [0.4, 0.5) is 9.59 Å². The molecule has 0 aromatic heterocycles. The molecule has 7 nitrogen and oxygen atoms in total. The molecule has 0 heterocycles. The van der Waals surface area contributed by atoms with Crippen molar-refractivity contribution in [1.82, 2.24) is 4.90 Å². The number of methoxy groups -OCH3 is 3. The van der Waals surface area contributed by atoms with E-state index in [4.69, 9.17) is 14.2 Å². The second-order valence-electron chi connectivity index (χ2n) is 3.80. The molecule has 0 fully saturated rings. The summed E-state index contributed by atoms with van der Waals surface area (Å²) >= 11 is 0. The van der Waals surface area contributed by atoms with Crippen LogP contribution < -0.4 is 9.47 Å². The van der Waals surface area contributed by atoms with E-state index in [1.165, 1.54) is 28.4 Å². The second kappa shape index (κ2) is 7.22. The molecule has 0 unspecified atom stereocenters. The summed E-state index contributed by atoms with van der Waals surface area (Å²) in [7, 11) is 5.49. The van der Waals surface area contributed by atoms with E-state index >= 15 is 0 Å². The van der Waals surface area contributed by atoms with Crippen LogP contribution in [-0.2, 0) is 16.1 Å². The van der Waals surface area contributed by atoms with Crippen LogP contribution in [0.15, 0.2) is 18.2 Å². The van der Waals surface area contributed by atoms with Crippen LogP contribution in [0.25, 0.3) is 0 Å². The van der Waals surface area contributed by atoms with Crippen LogP contribution >= 0.6 is 0 Å². The predicted molar refractivity (Wildman–Crippen MR) is 69.9 cm³/mol. The molecule has 0 atom stereocenters. The van der Waals surface area contributed by atoms with Gasteiger partial charge in [0.1, 0.15) is 18.1 Å². The van der Waals surface area contributed by atoms with Gasteiger partial charge < -0.3 is 18.9 Å². The lowest BCUT2D eigenvalue weighted by Gasteiger charge is -2.14. The Hall–Kier alpha value is -2.44. The number of rotatable bonds is 4. The summed E-state index contributed by atoms with van der Waals surface area (Å²) in [6, 6.07) is 5.10. The van der Waals surface area contributed by atoms with Gasteiger partial charge in [-0.3, -0.25) is 0 Å². The van der Waals surface area contributed by atoms with Crippen molar-refractivity contribution in [1.29, 1.82) is 0 Å². The van der Waals surface area contributed by atoms with Gasteiger partial charge in [-0.05, 0) is 17.7 Å². The highest BCUT2D eigenvalue weighted by Crippen LogP contribution is 2.23. The number of ether oxygens (including phenoxy) is 4. The number of hydrogen-bond donors (Lipinski definition) is 0. The van der Waals surface area contributed by atoms with Crippen molar-refractivity contribution in [2.24, 2.45) is 0 Å². The van der Waals surface area contributed by atoms with Crippen LogP contribution in [0, 0.1) is 0 Å². The number of hydrogen-bond acceptors (Lipinski definition) is 6. The molecule has 0 bridgehead atoms. The zero-order chi connectivity index (χ0) is 15.1. The van der Waals surface area contributed by atoms with Gasteiger partial charge in [0.15, 0.2) is 0 Å². The average Bonchev–Trinajstić information content (AvgIpc) is 2.50. The number of carbonyl (C=O) groups excluding carboxylic acids is 2. The number of benzene rings is 1. The Morgan fingerprint density at radius 1 is 1.00 bits per heavy atom. The molecule has 0 radical (unpaired) electrons. The number of imide groups is 1. The highest BCUT2D eigenvalue weighted by atomic mass is 16.6. The van der Waals surface area contributed by atoms with Gasteiger partial charge in [0.2, 0.25) is 0 Å². The normalized spacial score (nSPS) is 9.60. The van der Waals surface area contributed by atoms with Crippen molar-refractivity contribution in [3.63, 3.8) is 0 Å². The molecule has 0 aliphatic rings. The van der Waals surface area contributed by atoms with Gasteiger partial charge >= 0.3 is 12.2 Å². The smallest absolute Gasteiger partial charge is 0.419 e. The maximum absolute atomic E-state index is 11.6. The Kier molecular flexibility index (Phi) is 5.64. The Labute approximate surface area is 117 Å². The van der Waals surface area contributed by atoms with E-state index in [2.05, 4.69) is 4.74 Å². The third kappa shape index (κ3) is 4.04. The van der Waals surface area contributed by atoms with Gasteiger partial charge in [-0.25, -0.2) is 14.5 Å². The molecule has 1 rings (SSSR count). The summed E-state index contributed by atoms with van der Waals surface area (Å²) in [5.74, 6) is 1.16. The van der Waals surface area contributed by atoms with Crippen molar-refractivity contribution in [2.75, 3.05) is 28.4 Å². The first-order valence-corrected chi connectivity index (χ1v) is 5.72. The fourth-order valence-corrected chi connectivity index (χ4v) is 1.40. The number of nitrogens with zero attached hydrogens (tertiary/aromatic N) is 1. The fraction of sp³-hybridized carbons (Fsp3) is 0.385. The molecule has 0 aliphatic carbocycles. The molecule has 20 heavy (non-hydrogen) atoms. The molecule has 2 amide bonds. The lowest BCUT2D eigenvalue weighted by atomic mass is 10.2. The van der Waals surface area contributed by atoms with Gasteiger partial charge in [-0.2, -0.15) is 0 Å². The average molecular weight is 283 g/mol. The van der Waals surface area contributed by atoms with E-state index in [-0.39, 0.29) is 6.61 Å². The van der Waals surface area contributed by atoms with E-state index in [9.17, 15) is 9.59 Å².